The van der Waals surface area contributed by atoms with Gasteiger partial charge in [-0.2, -0.15) is 10.2 Å². The van der Waals surface area contributed by atoms with Gasteiger partial charge in [0, 0.05) is 55.8 Å². The Hall–Kier alpha value is -4.15. The first-order chi connectivity index (χ1) is 18.1. The van der Waals surface area contributed by atoms with E-state index in [9.17, 15) is 9.59 Å². The predicted molar refractivity (Wildman–Crippen MR) is 143 cm³/mol. The van der Waals surface area contributed by atoms with Gasteiger partial charge in [0.1, 0.15) is 22.9 Å². The number of hydrogen-bond donors (Lipinski definition) is 1. The van der Waals surface area contributed by atoms with Crippen LogP contribution in [0.5, 0.6) is 5.75 Å². The molecule has 200 valence electrons. The summed E-state index contributed by atoms with van der Waals surface area (Å²) in [6.07, 6.45) is 10.1. The van der Waals surface area contributed by atoms with Gasteiger partial charge in [-0.05, 0) is 52.5 Å². The summed E-state index contributed by atoms with van der Waals surface area (Å²) in [7, 11) is 3.53. The molecule has 4 aromatic heterocycles. The molecule has 0 atom stereocenters. The first kappa shape index (κ1) is 25.5. The fourth-order valence-corrected chi connectivity index (χ4v) is 4.73. The molecule has 1 saturated carbocycles. The Morgan fingerprint density at radius 2 is 1.92 bits per heavy atom. The van der Waals surface area contributed by atoms with Crippen molar-refractivity contribution in [3.63, 3.8) is 0 Å². The number of carbonyl (C=O) groups is 1. The molecule has 38 heavy (non-hydrogen) atoms. The molecule has 1 aliphatic carbocycles. The zero-order valence-corrected chi connectivity index (χ0v) is 22.3. The van der Waals surface area contributed by atoms with Gasteiger partial charge >= 0.3 is 6.09 Å². The van der Waals surface area contributed by atoms with Crippen LogP contribution in [0, 0.1) is 0 Å². The largest absolute Gasteiger partial charge is 0.489 e. The lowest BCUT2D eigenvalue weighted by molar-refractivity contribution is 0.0588. The molecule has 1 amide bonds. The minimum Gasteiger partial charge on any atom is -0.489 e. The molecular formula is C27H33N7O4. The topological polar surface area (TPSA) is 120 Å². The van der Waals surface area contributed by atoms with Crippen LogP contribution >= 0.6 is 0 Å². The number of H-pyrrole nitrogens is 1. The van der Waals surface area contributed by atoms with E-state index in [0.717, 1.165) is 47.8 Å². The number of nitrogens with zero attached hydrogens (tertiary/aromatic N) is 6. The highest BCUT2D eigenvalue weighted by atomic mass is 16.6. The number of fused-ring (bicyclic) bond motifs is 1. The van der Waals surface area contributed by atoms with Crippen LogP contribution in [0.3, 0.4) is 0 Å². The second kappa shape index (κ2) is 9.96. The van der Waals surface area contributed by atoms with Gasteiger partial charge in [0.25, 0.3) is 0 Å². The number of carbonyl (C=O) groups excluding carboxylic acids is 1. The van der Waals surface area contributed by atoms with Gasteiger partial charge in [-0.1, -0.05) is 0 Å². The van der Waals surface area contributed by atoms with E-state index in [1.807, 2.05) is 40.1 Å². The van der Waals surface area contributed by atoms with Crippen LogP contribution in [-0.2, 0) is 11.8 Å². The Morgan fingerprint density at radius 3 is 2.55 bits per heavy atom. The number of rotatable bonds is 5. The third kappa shape index (κ3) is 5.41. The van der Waals surface area contributed by atoms with Crippen molar-refractivity contribution >= 4 is 22.8 Å². The fraction of sp³-hybridized carbons (Fsp3) is 0.444. The van der Waals surface area contributed by atoms with Crippen LogP contribution in [0.2, 0.25) is 0 Å². The minimum atomic E-state index is -0.611. The van der Waals surface area contributed by atoms with E-state index in [2.05, 4.69) is 19.7 Å². The molecule has 5 rings (SSSR count). The zero-order chi connectivity index (χ0) is 27.0. The first-order valence-corrected chi connectivity index (χ1v) is 12.8. The Bertz CT molecular complexity index is 1490. The van der Waals surface area contributed by atoms with Crippen LogP contribution in [0.1, 0.15) is 52.5 Å². The number of aromatic amines is 1. The number of pyridine rings is 2. The number of nitrogens with one attached hydrogen (secondary N) is 1. The molecule has 4 aromatic rings. The van der Waals surface area contributed by atoms with Crippen LogP contribution in [0.4, 0.5) is 10.6 Å². The van der Waals surface area contributed by atoms with Gasteiger partial charge in [0.15, 0.2) is 0 Å². The fourth-order valence-electron chi connectivity index (χ4n) is 4.73. The maximum absolute atomic E-state index is 12.7. The monoisotopic (exact) mass is 519 g/mol. The lowest BCUT2D eigenvalue weighted by Gasteiger charge is -2.29. The Kier molecular flexibility index (Phi) is 6.68. The second-order valence-electron chi connectivity index (χ2n) is 10.7. The van der Waals surface area contributed by atoms with Gasteiger partial charge in [0.05, 0.1) is 23.9 Å². The van der Waals surface area contributed by atoms with Crippen LogP contribution in [0.25, 0.3) is 22.2 Å². The predicted octanol–water partition coefficient (Wildman–Crippen LogP) is 4.45. The molecule has 0 unspecified atom stereocenters. The van der Waals surface area contributed by atoms with Gasteiger partial charge < -0.3 is 14.5 Å². The quantitative estimate of drug-likeness (QED) is 0.413. The van der Waals surface area contributed by atoms with E-state index in [1.165, 1.54) is 11.0 Å². The number of aromatic nitrogens is 6. The zero-order valence-electron chi connectivity index (χ0n) is 22.3. The number of amides is 1. The van der Waals surface area contributed by atoms with Crippen molar-refractivity contribution in [3.8, 4) is 17.0 Å². The van der Waals surface area contributed by atoms with Crippen molar-refractivity contribution in [1.82, 2.24) is 29.5 Å². The van der Waals surface area contributed by atoms with Gasteiger partial charge in [-0.3, -0.25) is 19.1 Å². The molecule has 0 spiro atoms. The number of anilines is 1. The third-order valence-electron chi connectivity index (χ3n) is 6.61. The molecule has 1 aliphatic rings. The maximum atomic E-state index is 12.7. The third-order valence-corrected chi connectivity index (χ3v) is 6.61. The molecule has 0 saturated heterocycles. The molecule has 0 aromatic carbocycles. The normalized spacial score (nSPS) is 17.9. The standard InChI is InChI=1S/C27H33N7O4/c1-27(2,3)38-26(36)33(5)23-12-22-21(15-28-23)25(17-13-30-32(4)16-17)31-34(22)18-6-8-19(9-7-18)37-20-10-11-24(35)29-14-20/h10-16,18-19H,6-9H2,1-5H3,(H,29,35)/t18-,19+. The number of hydrogen-bond acceptors (Lipinski definition) is 7. The van der Waals surface area contributed by atoms with Gasteiger partial charge in [-0.15, -0.1) is 0 Å². The Balaban J connectivity index is 1.43. The van der Waals surface area contributed by atoms with E-state index >= 15 is 0 Å². The molecule has 1 N–H and O–H groups in total. The summed E-state index contributed by atoms with van der Waals surface area (Å²) < 4.78 is 15.4. The summed E-state index contributed by atoms with van der Waals surface area (Å²) in [6, 6.07) is 5.22. The molecule has 0 aliphatic heterocycles. The average molecular weight is 520 g/mol. The van der Waals surface area contributed by atoms with Crippen molar-refractivity contribution in [2.45, 2.75) is 64.2 Å². The summed E-state index contributed by atoms with van der Waals surface area (Å²) in [5, 5.41) is 10.2. The van der Waals surface area contributed by atoms with Crippen LogP contribution in [-0.4, -0.2) is 54.4 Å². The maximum Gasteiger partial charge on any atom is 0.415 e. The molecule has 11 nitrogen and oxygen atoms in total. The van der Waals surface area contributed by atoms with Gasteiger partial charge in [0.2, 0.25) is 5.56 Å². The Morgan fingerprint density at radius 1 is 1.16 bits per heavy atom. The summed E-state index contributed by atoms with van der Waals surface area (Å²) in [6.45, 7) is 5.51. The van der Waals surface area contributed by atoms with Crippen LogP contribution in [0.15, 0.2) is 47.8 Å². The van der Waals surface area contributed by atoms with Crippen molar-refractivity contribution in [2.24, 2.45) is 7.05 Å². The van der Waals surface area contributed by atoms with E-state index < -0.39 is 11.7 Å². The molecule has 4 heterocycles. The number of ether oxygens (including phenoxy) is 2. The summed E-state index contributed by atoms with van der Waals surface area (Å²) in [5.41, 5.74) is 1.84. The van der Waals surface area contributed by atoms with Crippen molar-refractivity contribution in [3.05, 3.63) is 53.3 Å². The lowest BCUT2D eigenvalue weighted by atomic mass is 9.93. The summed E-state index contributed by atoms with van der Waals surface area (Å²) in [5.74, 6) is 1.15. The minimum absolute atomic E-state index is 0.0623. The number of aryl methyl sites for hydroxylation is 1. The highest BCUT2D eigenvalue weighted by Crippen LogP contribution is 2.36. The SMILES string of the molecule is CN(C(=O)OC(C)(C)C)c1cc2c(cn1)c(-c1cnn(C)c1)nn2[C@H]1CC[C@@H](Oc2ccc(=O)[nH]c2)CC1. The van der Waals surface area contributed by atoms with E-state index in [0.29, 0.717) is 11.6 Å². The van der Waals surface area contributed by atoms with E-state index in [-0.39, 0.29) is 17.7 Å². The molecule has 11 heteroatoms. The lowest BCUT2D eigenvalue weighted by Crippen LogP contribution is -2.34. The molecule has 0 radical (unpaired) electrons. The Labute approximate surface area is 220 Å². The first-order valence-electron chi connectivity index (χ1n) is 12.8. The van der Waals surface area contributed by atoms with E-state index in [1.54, 1.807) is 36.4 Å². The second-order valence-corrected chi connectivity index (χ2v) is 10.7. The van der Waals surface area contributed by atoms with Crippen LogP contribution < -0.4 is 15.2 Å². The summed E-state index contributed by atoms with van der Waals surface area (Å²) in [4.78, 5) is 32.7. The average Bonchev–Trinajstić information content (AvgIpc) is 3.47. The summed E-state index contributed by atoms with van der Waals surface area (Å²) >= 11 is 0. The molecule has 1 fully saturated rings. The molecule has 0 bridgehead atoms. The van der Waals surface area contributed by atoms with E-state index in [4.69, 9.17) is 14.6 Å². The molecular weight excluding hydrogens is 486 g/mol. The van der Waals surface area contributed by atoms with Crippen molar-refractivity contribution in [1.29, 1.82) is 0 Å². The highest BCUT2D eigenvalue weighted by molar-refractivity contribution is 5.95. The van der Waals surface area contributed by atoms with Gasteiger partial charge in [-0.25, -0.2) is 9.78 Å². The smallest absolute Gasteiger partial charge is 0.415 e. The van der Waals surface area contributed by atoms with Crippen molar-refractivity contribution < 1.29 is 14.3 Å². The van der Waals surface area contributed by atoms with Crippen molar-refractivity contribution in [2.75, 3.05) is 11.9 Å². The highest BCUT2D eigenvalue weighted by Gasteiger charge is 2.28.